The smallest absolute Gasteiger partial charge is 0.271 e. The third-order valence-electron chi connectivity index (χ3n) is 3.32. The molecular weight excluding hydrogens is 260 g/mol. The van der Waals surface area contributed by atoms with Gasteiger partial charge in [0.1, 0.15) is 0 Å². The molecule has 0 radical (unpaired) electrons. The lowest BCUT2D eigenvalue weighted by Crippen LogP contribution is -2.49. The van der Waals surface area contributed by atoms with E-state index in [2.05, 4.69) is 5.32 Å². The first kappa shape index (κ1) is 14.3. The molecular formula is C13H18N4O3. The topological polar surface area (TPSA) is 78.7 Å². The normalized spacial score (nSPS) is 14.9. The molecule has 1 aliphatic rings. The van der Waals surface area contributed by atoms with Gasteiger partial charge in [-0.3, -0.25) is 14.9 Å². The van der Waals surface area contributed by atoms with Crippen molar-refractivity contribution in [3.8, 4) is 0 Å². The van der Waals surface area contributed by atoms with Gasteiger partial charge in [0.15, 0.2) is 0 Å². The summed E-state index contributed by atoms with van der Waals surface area (Å²) in [5.74, 6) is 0.0421. The molecule has 1 saturated heterocycles. The monoisotopic (exact) mass is 278 g/mol. The average Bonchev–Trinajstić information content (AvgIpc) is 2.48. The molecule has 2 rings (SSSR count). The van der Waals surface area contributed by atoms with Crippen molar-refractivity contribution >= 4 is 17.3 Å². The number of benzene rings is 1. The summed E-state index contributed by atoms with van der Waals surface area (Å²) < 4.78 is 0. The summed E-state index contributed by atoms with van der Waals surface area (Å²) in [6.45, 7) is 3.27. The summed E-state index contributed by atoms with van der Waals surface area (Å²) in [6.07, 6.45) is 0. The van der Waals surface area contributed by atoms with Crippen molar-refractivity contribution in [1.29, 1.82) is 0 Å². The van der Waals surface area contributed by atoms with E-state index in [-0.39, 0.29) is 18.1 Å². The van der Waals surface area contributed by atoms with Gasteiger partial charge >= 0.3 is 0 Å². The van der Waals surface area contributed by atoms with Gasteiger partial charge in [-0.05, 0) is 6.07 Å². The van der Waals surface area contributed by atoms with Crippen LogP contribution >= 0.6 is 0 Å². The first-order chi connectivity index (χ1) is 9.58. The second-order valence-corrected chi connectivity index (χ2v) is 4.76. The molecule has 0 spiro atoms. The van der Waals surface area contributed by atoms with Crippen LogP contribution in [0, 0.1) is 10.1 Å². The number of rotatable bonds is 4. The summed E-state index contributed by atoms with van der Waals surface area (Å²) in [4.78, 5) is 26.0. The fourth-order valence-electron chi connectivity index (χ4n) is 2.15. The van der Waals surface area contributed by atoms with Crippen molar-refractivity contribution < 1.29 is 9.72 Å². The number of hydrogen-bond acceptors (Lipinski definition) is 5. The minimum Gasteiger partial charge on any atom is -0.365 e. The number of carbonyl (C=O) groups excluding carboxylic acids is 1. The van der Waals surface area contributed by atoms with Gasteiger partial charge in [0, 0.05) is 51.0 Å². The van der Waals surface area contributed by atoms with Crippen LogP contribution in [0.25, 0.3) is 0 Å². The van der Waals surface area contributed by atoms with Crippen LogP contribution in [0.5, 0.6) is 0 Å². The molecule has 0 atom stereocenters. The van der Waals surface area contributed by atoms with E-state index >= 15 is 0 Å². The van der Waals surface area contributed by atoms with Gasteiger partial charge in [0.25, 0.3) is 5.69 Å². The van der Waals surface area contributed by atoms with Gasteiger partial charge in [-0.2, -0.15) is 0 Å². The molecule has 0 bridgehead atoms. The first-order valence-electron chi connectivity index (χ1n) is 6.52. The van der Waals surface area contributed by atoms with Crippen LogP contribution in [0.15, 0.2) is 24.3 Å². The number of nitro groups is 1. The lowest BCUT2D eigenvalue weighted by molar-refractivity contribution is -0.384. The second-order valence-electron chi connectivity index (χ2n) is 4.76. The van der Waals surface area contributed by atoms with Gasteiger partial charge < -0.3 is 15.1 Å². The third kappa shape index (κ3) is 3.45. The fraction of sp³-hybridized carbons (Fsp3) is 0.462. The minimum atomic E-state index is -0.435. The van der Waals surface area contributed by atoms with Crippen molar-refractivity contribution in [3.05, 3.63) is 34.4 Å². The number of likely N-dealkylation sites (N-methyl/N-ethyl adjacent to an activating group) is 1. The van der Waals surface area contributed by atoms with Crippen LogP contribution in [0.2, 0.25) is 0 Å². The van der Waals surface area contributed by atoms with E-state index in [4.69, 9.17) is 0 Å². The molecule has 1 N–H and O–H groups in total. The fourth-order valence-corrected chi connectivity index (χ4v) is 2.15. The maximum absolute atomic E-state index is 12.1. The molecule has 0 aliphatic carbocycles. The van der Waals surface area contributed by atoms with E-state index in [1.54, 1.807) is 24.1 Å². The summed E-state index contributed by atoms with van der Waals surface area (Å²) in [7, 11) is 1.76. The highest BCUT2D eigenvalue weighted by Gasteiger charge is 2.18. The highest BCUT2D eigenvalue weighted by Crippen LogP contribution is 2.19. The van der Waals surface area contributed by atoms with Crippen molar-refractivity contribution in [2.45, 2.75) is 0 Å². The Labute approximate surface area is 117 Å². The lowest BCUT2D eigenvalue weighted by atomic mass is 10.2. The predicted molar refractivity (Wildman–Crippen MR) is 75.8 cm³/mol. The van der Waals surface area contributed by atoms with E-state index in [1.807, 2.05) is 4.90 Å². The zero-order valence-corrected chi connectivity index (χ0v) is 11.4. The molecule has 20 heavy (non-hydrogen) atoms. The summed E-state index contributed by atoms with van der Waals surface area (Å²) in [5.41, 5.74) is 0.701. The largest absolute Gasteiger partial charge is 0.365 e. The number of anilines is 1. The van der Waals surface area contributed by atoms with Crippen LogP contribution in [0.3, 0.4) is 0 Å². The van der Waals surface area contributed by atoms with Gasteiger partial charge in [-0.1, -0.05) is 6.07 Å². The SMILES string of the molecule is CN(CC(=O)N1CCNCC1)c1cccc([N+](=O)[O-])c1. The molecule has 0 unspecified atom stereocenters. The van der Waals surface area contributed by atoms with Crippen LogP contribution in [-0.2, 0) is 4.79 Å². The molecule has 1 amide bonds. The number of hydrogen-bond donors (Lipinski definition) is 1. The number of non-ortho nitro benzene ring substituents is 1. The van der Waals surface area contributed by atoms with E-state index in [1.165, 1.54) is 12.1 Å². The quantitative estimate of drug-likeness (QED) is 0.639. The van der Waals surface area contributed by atoms with Crippen LogP contribution in [0.1, 0.15) is 0 Å². The van der Waals surface area contributed by atoms with E-state index in [0.29, 0.717) is 18.8 Å². The molecule has 1 aromatic rings. The van der Waals surface area contributed by atoms with Gasteiger partial charge in [-0.15, -0.1) is 0 Å². The lowest BCUT2D eigenvalue weighted by Gasteiger charge is -2.29. The Hall–Kier alpha value is -2.15. The number of nitro benzene ring substituents is 1. The van der Waals surface area contributed by atoms with Crippen LogP contribution < -0.4 is 10.2 Å². The van der Waals surface area contributed by atoms with Crippen molar-refractivity contribution in [3.63, 3.8) is 0 Å². The van der Waals surface area contributed by atoms with Crippen LogP contribution in [0.4, 0.5) is 11.4 Å². The Bertz CT molecular complexity index is 500. The molecule has 1 aliphatic heterocycles. The number of amides is 1. The summed E-state index contributed by atoms with van der Waals surface area (Å²) in [6, 6.07) is 6.30. The minimum absolute atomic E-state index is 0.0315. The standard InChI is InChI=1S/C13H18N4O3/c1-15(10-13(18)16-7-5-14-6-8-16)11-3-2-4-12(9-11)17(19)20/h2-4,9,14H,5-8,10H2,1H3. The number of nitrogens with one attached hydrogen (secondary N) is 1. The van der Waals surface area contributed by atoms with Crippen LogP contribution in [-0.4, -0.2) is 55.5 Å². The highest BCUT2D eigenvalue weighted by atomic mass is 16.6. The van der Waals surface area contributed by atoms with E-state index < -0.39 is 4.92 Å². The zero-order valence-electron chi connectivity index (χ0n) is 11.4. The van der Waals surface area contributed by atoms with Crippen molar-refractivity contribution in [2.75, 3.05) is 44.7 Å². The number of carbonyl (C=O) groups is 1. The molecule has 7 nitrogen and oxygen atoms in total. The second kappa shape index (κ2) is 6.33. The Balaban J connectivity index is 2.00. The van der Waals surface area contributed by atoms with Crippen molar-refractivity contribution in [1.82, 2.24) is 10.2 Å². The first-order valence-corrected chi connectivity index (χ1v) is 6.52. The van der Waals surface area contributed by atoms with E-state index in [9.17, 15) is 14.9 Å². The van der Waals surface area contributed by atoms with Gasteiger partial charge in [0.05, 0.1) is 11.5 Å². The average molecular weight is 278 g/mol. The maximum Gasteiger partial charge on any atom is 0.271 e. The molecule has 0 saturated carbocycles. The molecule has 1 fully saturated rings. The van der Waals surface area contributed by atoms with E-state index in [0.717, 1.165) is 13.1 Å². The zero-order chi connectivity index (χ0) is 14.5. The molecule has 7 heteroatoms. The van der Waals surface area contributed by atoms with Gasteiger partial charge in [-0.25, -0.2) is 0 Å². The molecule has 1 heterocycles. The maximum atomic E-state index is 12.1. The molecule has 108 valence electrons. The van der Waals surface area contributed by atoms with Crippen molar-refractivity contribution in [2.24, 2.45) is 0 Å². The highest BCUT2D eigenvalue weighted by molar-refractivity contribution is 5.81. The summed E-state index contributed by atoms with van der Waals surface area (Å²) >= 11 is 0. The molecule has 1 aromatic carbocycles. The molecule has 0 aromatic heterocycles. The number of nitrogens with zero attached hydrogens (tertiary/aromatic N) is 3. The summed E-state index contributed by atoms with van der Waals surface area (Å²) in [5, 5.41) is 13.9. The Kier molecular flexibility index (Phi) is 4.52. The predicted octanol–water partition coefficient (Wildman–Crippen LogP) is 0.463. The Morgan fingerprint density at radius 2 is 2.15 bits per heavy atom. The Morgan fingerprint density at radius 3 is 2.80 bits per heavy atom. The third-order valence-corrected chi connectivity index (χ3v) is 3.32. The number of piperazine rings is 1. The Morgan fingerprint density at radius 1 is 1.45 bits per heavy atom. The van der Waals surface area contributed by atoms with Gasteiger partial charge in [0.2, 0.25) is 5.91 Å².